The molecule has 0 saturated carbocycles. The first-order chi connectivity index (χ1) is 5.76. The van der Waals surface area contributed by atoms with Crippen molar-refractivity contribution in [1.29, 1.82) is 0 Å². The van der Waals surface area contributed by atoms with Crippen LogP contribution in [-0.4, -0.2) is 27.2 Å². The molecule has 0 aliphatic carbocycles. The van der Waals surface area contributed by atoms with Gasteiger partial charge in [-0.15, -0.1) is 0 Å². The number of hydrogen-bond acceptors (Lipinski definition) is 1. The second-order valence-corrected chi connectivity index (χ2v) is 15.6. The quantitative estimate of drug-likeness (QED) is 0.475. The summed E-state index contributed by atoms with van der Waals surface area (Å²) in [5, 5.41) is 0. The minimum Gasteiger partial charge on any atom is -0.348 e. The van der Waals surface area contributed by atoms with Gasteiger partial charge in [-0.1, -0.05) is 33.1 Å². The topological polar surface area (TPSA) is 3.24 Å². The first-order valence-electron chi connectivity index (χ1n) is 5.36. The molecule has 1 nitrogen and oxygen atoms in total. The molecule has 0 amide bonds. The summed E-state index contributed by atoms with van der Waals surface area (Å²) in [6.07, 6.45) is 0. The van der Waals surface area contributed by atoms with Crippen molar-refractivity contribution in [1.82, 2.24) is 4.23 Å². The van der Waals surface area contributed by atoms with Gasteiger partial charge < -0.3 is 11.2 Å². The van der Waals surface area contributed by atoms with Gasteiger partial charge in [0.15, 0.2) is 0 Å². The van der Waals surface area contributed by atoms with Gasteiger partial charge in [0.1, 0.15) is 16.5 Å². The van der Waals surface area contributed by atoms with Crippen LogP contribution in [0, 0.1) is 12.8 Å². The normalized spacial score (nSPS) is 27.0. The Hall–Kier alpha value is 0.991. The van der Waals surface area contributed by atoms with Gasteiger partial charge in [-0.2, -0.15) is 5.92 Å². The Balaban J connectivity index is 0.00000169. The fourth-order valence-corrected chi connectivity index (χ4v) is 16.8. The van der Waals surface area contributed by atoms with Crippen LogP contribution >= 0.6 is 0 Å². The molecule has 0 aromatic rings. The molecule has 0 aromatic heterocycles. The maximum Gasteiger partial charge on any atom is 1.00 e. The Labute approximate surface area is 104 Å². The van der Waals surface area contributed by atoms with E-state index in [1.54, 1.807) is 0 Å². The van der Waals surface area contributed by atoms with E-state index in [0.717, 1.165) is 0 Å². The predicted octanol–water partition coefficient (Wildman–Crippen LogP) is 0.186. The standard InChI is InChI=1S/C10H24NSi2.Li/c1-10(2)9-11-12(3,4)7-8-13(11,5)6;/h10H,1,7-9H2,2-6H3;/q-1;+1. The minimum absolute atomic E-state index is 0. The van der Waals surface area contributed by atoms with Crippen molar-refractivity contribution in [3.8, 4) is 0 Å². The Bertz CT molecular complexity index is 177. The van der Waals surface area contributed by atoms with Crippen LogP contribution in [0.25, 0.3) is 0 Å². The van der Waals surface area contributed by atoms with E-state index in [9.17, 15) is 0 Å². The molecule has 1 fully saturated rings. The molecular formula is C10H24LiNSi2. The van der Waals surface area contributed by atoms with E-state index in [0.29, 0.717) is 5.92 Å². The first kappa shape index (κ1) is 15.0. The third kappa shape index (κ3) is 3.25. The molecule has 0 aromatic carbocycles. The van der Waals surface area contributed by atoms with Crippen LogP contribution in [0.4, 0.5) is 0 Å². The summed E-state index contributed by atoms with van der Waals surface area (Å²) in [7, 11) is -2.03. The third-order valence-electron chi connectivity index (χ3n) is 3.30. The van der Waals surface area contributed by atoms with E-state index in [1.807, 2.05) is 0 Å². The molecule has 1 heterocycles. The van der Waals surface area contributed by atoms with Crippen LogP contribution in [-0.2, 0) is 0 Å². The zero-order valence-corrected chi connectivity index (χ0v) is 12.9. The maximum absolute atomic E-state index is 4.14. The molecule has 1 unspecified atom stereocenters. The molecule has 4 heteroatoms. The summed E-state index contributed by atoms with van der Waals surface area (Å²) in [5.41, 5.74) is 0. The van der Waals surface area contributed by atoms with Crippen LogP contribution in [0.1, 0.15) is 6.92 Å². The predicted molar refractivity (Wildman–Crippen MR) is 65.8 cm³/mol. The van der Waals surface area contributed by atoms with Crippen molar-refractivity contribution in [3.05, 3.63) is 6.92 Å². The van der Waals surface area contributed by atoms with Crippen molar-refractivity contribution in [2.45, 2.75) is 45.2 Å². The molecule has 1 atom stereocenters. The van der Waals surface area contributed by atoms with E-state index in [2.05, 4.69) is 44.3 Å². The second kappa shape index (κ2) is 4.88. The fraction of sp³-hybridized carbons (Fsp3) is 0.900. The van der Waals surface area contributed by atoms with Crippen LogP contribution in [0.15, 0.2) is 0 Å². The van der Waals surface area contributed by atoms with E-state index in [1.165, 1.54) is 18.6 Å². The monoisotopic (exact) mass is 221 g/mol. The molecule has 78 valence electrons. The van der Waals surface area contributed by atoms with Gasteiger partial charge in [-0.25, -0.2) is 0 Å². The summed E-state index contributed by atoms with van der Waals surface area (Å²) < 4.78 is 2.90. The van der Waals surface area contributed by atoms with Crippen LogP contribution in [0.3, 0.4) is 0 Å². The van der Waals surface area contributed by atoms with E-state index >= 15 is 0 Å². The molecule has 0 radical (unpaired) electrons. The van der Waals surface area contributed by atoms with Crippen molar-refractivity contribution in [2.75, 3.05) is 6.54 Å². The minimum atomic E-state index is -1.01. The molecule has 1 aliphatic rings. The Morgan fingerprint density at radius 3 is 1.79 bits per heavy atom. The van der Waals surface area contributed by atoms with E-state index in [4.69, 9.17) is 0 Å². The molecule has 0 N–H and O–H groups in total. The summed E-state index contributed by atoms with van der Waals surface area (Å²) in [4.78, 5) is 0. The summed E-state index contributed by atoms with van der Waals surface area (Å²) in [6, 6.07) is 3.03. The Kier molecular flexibility index (Phi) is 5.23. The smallest absolute Gasteiger partial charge is 0.348 e. The molecule has 14 heavy (non-hydrogen) atoms. The van der Waals surface area contributed by atoms with Gasteiger partial charge in [0.25, 0.3) is 0 Å². The van der Waals surface area contributed by atoms with Crippen molar-refractivity contribution in [3.63, 3.8) is 0 Å². The van der Waals surface area contributed by atoms with Gasteiger partial charge in [0.05, 0.1) is 0 Å². The summed E-state index contributed by atoms with van der Waals surface area (Å²) >= 11 is 0. The van der Waals surface area contributed by atoms with Gasteiger partial charge in [-0.3, -0.25) is 0 Å². The van der Waals surface area contributed by atoms with Gasteiger partial charge in [0.2, 0.25) is 0 Å². The number of nitrogens with zero attached hydrogens (tertiary/aromatic N) is 1. The SMILES string of the molecule is [CH2-]C(C)CN1[Si](C)(C)CC[Si]1(C)C.[Li+]. The first-order valence-corrected chi connectivity index (χ1v) is 11.7. The number of rotatable bonds is 2. The van der Waals surface area contributed by atoms with Gasteiger partial charge in [-0.05, 0) is 18.6 Å². The van der Waals surface area contributed by atoms with Crippen molar-refractivity contribution < 1.29 is 18.9 Å². The largest absolute Gasteiger partial charge is 1.00 e. The molecular weight excluding hydrogens is 197 g/mol. The maximum atomic E-state index is 4.14. The van der Waals surface area contributed by atoms with Gasteiger partial charge in [0, 0.05) is 0 Å². The molecule has 1 rings (SSSR count). The molecule has 1 saturated heterocycles. The van der Waals surface area contributed by atoms with Crippen molar-refractivity contribution >= 4 is 16.5 Å². The average Bonchev–Trinajstić information content (AvgIpc) is 2.12. The van der Waals surface area contributed by atoms with Crippen molar-refractivity contribution in [2.24, 2.45) is 5.92 Å². The van der Waals surface area contributed by atoms with Crippen LogP contribution in [0.5, 0.6) is 0 Å². The van der Waals surface area contributed by atoms with Crippen LogP contribution in [0.2, 0.25) is 38.3 Å². The molecule has 0 bridgehead atoms. The zero-order chi connectivity index (χ0) is 10.3. The van der Waals surface area contributed by atoms with E-state index in [-0.39, 0.29) is 18.9 Å². The van der Waals surface area contributed by atoms with Crippen LogP contribution < -0.4 is 18.9 Å². The molecule has 1 aliphatic heterocycles. The number of hydrogen-bond donors (Lipinski definition) is 0. The summed E-state index contributed by atoms with van der Waals surface area (Å²) in [6.45, 7) is 17.7. The van der Waals surface area contributed by atoms with Gasteiger partial charge >= 0.3 is 18.9 Å². The third-order valence-corrected chi connectivity index (χ3v) is 13.7. The molecule has 0 spiro atoms. The fourth-order valence-electron chi connectivity index (χ4n) is 2.51. The summed E-state index contributed by atoms with van der Waals surface area (Å²) in [5.74, 6) is 0.594. The second-order valence-electron chi connectivity index (χ2n) is 5.84. The Morgan fingerprint density at radius 2 is 1.50 bits per heavy atom. The Morgan fingerprint density at radius 1 is 1.14 bits per heavy atom. The zero-order valence-electron chi connectivity index (χ0n) is 10.9. The average molecular weight is 221 g/mol. The van der Waals surface area contributed by atoms with E-state index < -0.39 is 16.5 Å².